The predicted molar refractivity (Wildman–Crippen MR) is 78.3 cm³/mol. The second-order valence-electron chi connectivity index (χ2n) is 5.32. The lowest BCUT2D eigenvalue weighted by molar-refractivity contribution is 0.292. The van der Waals surface area contributed by atoms with Crippen LogP contribution in [-0.4, -0.2) is 17.7 Å². The Kier molecular flexibility index (Phi) is 3.94. The summed E-state index contributed by atoms with van der Waals surface area (Å²) in [6.07, 6.45) is 2.93. The van der Waals surface area contributed by atoms with Gasteiger partial charge in [0.2, 0.25) is 0 Å². The average molecular weight is 293 g/mol. The number of rotatable bonds is 3. The summed E-state index contributed by atoms with van der Waals surface area (Å²) in [4.78, 5) is 11.2. The fourth-order valence-electron chi connectivity index (χ4n) is 2.82. The zero-order chi connectivity index (χ0) is 13.9. The van der Waals surface area contributed by atoms with Gasteiger partial charge in [-0.3, -0.25) is 4.79 Å². The van der Waals surface area contributed by atoms with E-state index < -0.39 is 0 Å². The molecule has 106 valence electrons. The first kappa shape index (κ1) is 13.5. The summed E-state index contributed by atoms with van der Waals surface area (Å²) in [6.45, 7) is 0.942. The topological polar surface area (TPSA) is 58.0 Å². The first-order valence-corrected chi connectivity index (χ1v) is 7.25. The average Bonchev–Trinajstić information content (AvgIpc) is 2.89. The van der Waals surface area contributed by atoms with Crippen LogP contribution < -0.4 is 10.9 Å². The Morgan fingerprint density at radius 1 is 1.30 bits per heavy atom. The van der Waals surface area contributed by atoms with Gasteiger partial charge in [-0.05, 0) is 43.5 Å². The predicted octanol–water partition coefficient (Wildman–Crippen LogP) is 2.70. The van der Waals surface area contributed by atoms with Crippen LogP contribution >= 0.6 is 11.6 Å². The minimum atomic E-state index is -0.159. The highest BCUT2D eigenvalue weighted by Crippen LogP contribution is 2.28. The fourth-order valence-corrected chi connectivity index (χ4v) is 2.95. The van der Waals surface area contributed by atoms with Gasteiger partial charge in [-0.25, -0.2) is 0 Å². The Hall–Kier alpha value is -1.52. The summed E-state index contributed by atoms with van der Waals surface area (Å²) < 4.78 is 5.24. The maximum atomic E-state index is 11.2. The molecular weight excluding hydrogens is 276 g/mol. The molecule has 0 aliphatic carbocycles. The molecule has 0 saturated carbocycles. The van der Waals surface area contributed by atoms with Gasteiger partial charge in [-0.2, -0.15) is 5.16 Å². The highest BCUT2D eigenvalue weighted by atomic mass is 35.5. The van der Waals surface area contributed by atoms with Crippen LogP contribution in [0.4, 0.5) is 0 Å². The van der Waals surface area contributed by atoms with E-state index in [1.165, 1.54) is 5.56 Å². The molecule has 5 heteroatoms. The van der Waals surface area contributed by atoms with Crippen LogP contribution in [0.2, 0.25) is 5.02 Å². The van der Waals surface area contributed by atoms with E-state index in [4.69, 9.17) is 16.1 Å². The van der Waals surface area contributed by atoms with Gasteiger partial charge in [0.05, 0.1) is 0 Å². The first-order chi connectivity index (χ1) is 9.70. The molecule has 0 bridgehead atoms. The zero-order valence-electron chi connectivity index (χ0n) is 11.1. The van der Waals surface area contributed by atoms with E-state index in [1.807, 2.05) is 12.1 Å². The second kappa shape index (κ2) is 5.85. The number of aromatic nitrogens is 1. The SMILES string of the molecule is O=c1cc([C@H]2CCN[C@H](Cc3ccc(Cl)cc3)C2)o[nH]1. The lowest BCUT2D eigenvalue weighted by Crippen LogP contribution is -2.38. The van der Waals surface area contributed by atoms with Crippen molar-refractivity contribution in [2.45, 2.75) is 31.2 Å². The minimum Gasteiger partial charge on any atom is -0.383 e. The Bertz CT molecular complexity index is 617. The molecule has 0 amide bonds. The molecule has 20 heavy (non-hydrogen) atoms. The molecule has 1 aliphatic heterocycles. The zero-order valence-corrected chi connectivity index (χ0v) is 11.8. The summed E-state index contributed by atoms with van der Waals surface area (Å²) in [5, 5.41) is 6.66. The van der Waals surface area contributed by atoms with Crippen molar-refractivity contribution in [3.8, 4) is 0 Å². The van der Waals surface area contributed by atoms with E-state index in [0.717, 1.165) is 36.6 Å². The van der Waals surface area contributed by atoms with Gasteiger partial charge in [0.15, 0.2) is 0 Å². The summed E-state index contributed by atoms with van der Waals surface area (Å²) in [5.41, 5.74) is 1.11. The van der Waals surface area contributed by atoms with Gasteiger partial charge in [0.1, 0.15) is 5.76 Å². The van der Waals surface area contributed by atoms with Crippen molar-refractivity contribution in [1.29, 1.82) is 0 Å². The smallest absolute Gasteiger partial charge is 0.280 e. The molecule has 2 N–H and O–H groups in total. The minimum absolute atomic E-state index is 0.159. The number of hydrogen-bond donors (Lipinski definition) is 2. The third kappa shape index (κ3) is 3.14. The highest BCUT2D eigenvalue weighted by Gasteiger charge is 2.25. The fraction of sp³-hybridized carbons (Fsp3) is 0.400. The number of aromatic amines is 1. The Labute approximate surface area is 122 Å². The molecule has 1 saturated heterocycles. The quantitative estimate of drug-likeness (QED) is 0.914. The highest BCUT2D eigenvalue weighted by molar-refractivity contribution is 6.30. The number of nitrogens with one attached hydrogen (secondary N) is 2. The molecule has 1 aromatic heterocycles. The van der Waals surface area contributed by atoms with Gasteiger partial charge in [0.25, 0.3) is 5.56 Å². The van der Waals surface area contributed by atoms with E-state index in [-0.39, 0.29) is 5.56 Å². The van der Waals surface area contributed by atoms with Gasteiger partial charge in [-0.15, -0.1) is 0 Å². The molecule has 2 atom stereocenters. The van der Waals surface area contributed by atoms with Crippen molar-refractivity contribution < 1.29 is 4.52 Å². The third-order valence-electron chi connectivity index (χ3n) is 3.84. The van der Waals surface area contributed by atoms with Crippen molar-refractivity contribution in [1.82, 2.24) is 10.5 Å². The third-order valence-corrected chi connectivity index (χ3v) is 4.09. The molecule has 1 aromatic carbocycles. The second-order valence-corrected chi connectivity index (χ2v) is 5.75. The molecule has 2 heterocycles. The summed E-state index contributed by atoms with van der Waals surface area (Å²) in [5.74, 6) is 1.09. The largest absolute Gasteiger partial charge is 0.383 e. The molecule has 3 rings (SSSR count). The van der Waals surface area contributed by atoms with Crippen molar-refractivity contribution in [3.63, 3.8) is 0 Å². The van der Waals surface area contributed by atoms with Crippen molar-refractivity contribution in [2.75, 3.05) is 6.54 Å². The molecule has 1 fully saturated rings. The van der Waals surface area contributed by atoms with Gasteiger partial charge in [0, 0.05) is 23.0 Å². The molecule has 1 aliphatic rings. The first-order valence-electron chi connectivity index (χ1n) is 6.87. The number of piperidine rings is 1. The van der Waals surface area contributed by atoms with Crippen LogP contribution in [-0.2, 0) is 6.42 Å². The molecular formula is C15H17ClN2O2. The molecule has 4 nitrogen and oxygen atoms in total. The van der Waals surface area contributed by atoms with Crippen LogP contribution in [0.5, 0.6) is 0 Å². The lowest BCUT2D eigenvalue weighted by atomic mass is 9.87. The van der Waals surface area contributed by atoms with Gasteiger partial charge < -0.3 is 9.84 Å². The number of benzene rings is 1. The van der Waals surface area contributed by atoms with E-state index >= 15 is 0 Å². The normalized spacial score (nSPS) is 22.9. The number of H-pyrrole nitrogens is 1. The molecule has 0 radical (unpaired) electrons. The summed E-state index contributed by atoms with van der Waals surface area (Å²) >= 11 is 5.90. The van der Waals surface area contributed by atoms with E-state index in [0.29, 0.717) is 12.0 Å². The van der Waals surface area contributed by atoms with E-state index in [1.54, 1.807) is 6.07 Å². The number of halogens is 1. The van der Waals surface area contributed by atoms with Crippen LogP contribution in [0.1, 0.15) is 30.1 Å². The van der Waals surface area contributed by atoms with Crippen molar-refractivity contribution in [2.24, 2.45) is 0 Å². The van der Waals surface area contributed by atoms with Crippen molar-refractivity contribution >= 4 is 11.6 Å². The van der Waals surface area contributed by atoms with Crippen LogP contribution in [0, 0.1) is 0 Å². The maximum Gasteiger partial charge on any atom is 0.280 e. The number of hydrogen-bond acceptors (Lipinski definition) is 3. The Morgan fingerprint density at radius 3 is 2.80 bits per heavy atom. The van der Waals surface area contributed by atoms with Crippen LogP contribution in [0.25, 0.3) is 0 Å². The monoisotopic (exact) mass is 292 g/mol. The van der Waals surface area contributed by atoms with Crippen LogP contribution in [0.3, 0.4) is 0 Å². The molecule has 0 spiro atoms. The van der Waals surface area contributed by atoms with E-state index in [9.17, 15) is 4.79 Å². The Balaban J connectivity index is 1.66. The van der Waals surface area contributed by atoms with Gasteiger partial charge >= 0.3 is 0 Å². The van der Waals surface area contributed by atoms with Crippen LogP contribution in [0.15, 0.2) is 39.6 Å². The van der Waals surface area contributed by atoms with Gasteiger partial charge in [-0.1, -0.05) is 23.7 Å². The summed E-state index contributed by atoms with van der Waals surface area (Å²) in [6, 6.07) is 9.92. The Morgan fingerprint density at radius 2 is 2.10 bits per heavy atom. The van der Waals surface area contributed by atoms with E-state index in [2.05, 4.69) is 22.6 Å². The molecule has 2 aromatic rings. The lowest BCUT2D eigenvalue weighted by Gasteiger charge is -2.29. The standard InChI is InChI=1S/C15H17ClN2O2/c16-12-3-1-10(2-4-12)7-13-8-11(5-6-17-13)14-9-15(19)18-20-14/h1-4,9,11,13,17H,5-8H2,(H,18,19)/t11-,13+/m0/s1. The van der Waals surface area contributed by atoms with Crippen molar-refractivity contribution in [3.05, 3.63) is 57.0 Å². The maximum absolute atomic E-state index is 11.2. The summed E-state index contributed by atoms with van der Waals surface area (Å²) in [7, 11) is 0. The molecule has 0 unspecified atom stereocenters.